The Kier molecular flexibility index (Phi) is 7.65. The van der Waals surface area contributed by atoms with Crippen molar-refractivity contribution in [3.63, 3.8) is 0 Å². The number of pyridine rings is 1. The van der Waals surface area contributed by atoms with Crippen LogP contribution in [0.3, 0.4) is 0 Å². The Bertz CT molecular complexity index is 1290. The summed E-state index contributed by atoms with van der Waals surface area (Å²) in [6, 6.07) is 1.36. The molecule has 3 aromatic rings. The maximum atomic E-state index is 12.7. The third-order valence-corrected chi connectivity index (χ3v) is 7.97. The Morgan fingerprint density at radius 2 is 1.89 bits per heavy atom. The summed E-state index contributed by atoms with van der Waals surface area (Å²) in [5.74, 6) is 0.121. The molecule has 200 valence electrons. The second-order valence-electron chi connectivity index (χ2n) is 10.5. The molecule has 5 N–H and O–H groups in total. The van der Waals surface area contributed by atoms with Crippen molar-refractivity contribution >= 4 is 39.2 Å². The minimum Gasteiger partial charge on any atom is -0.396 e. The van der Waals surface area contributed by atoms with Gasteiger partial charge in [0.1, 0.15) is 22.4 Å². The van der Waals surface area contributed by atoms with Gasteiger partial charge < -0.3 is 30.9 Å². The summed E-state index contributed by atoms with van der Waals surface area (Å²) in [6.45, 7) is 9.39. The maximum Gasteiger partial charge on any atom is 0.242 e. The van der Waals surface area contributed by atoms with Gasteiger partial charge in [0.15, 0.2) is 0 Å². The van der Waals surface area contributed by atoms with E-state index in [0.29, 0.717) is 28.5 Å². The lowest BCUT2D eigenvalue weighted by Crippen LogP contribution is -2.45. The lowest BCUT2D eigenvalue weighted by molar-refractivity contribution is -0.132. The molecule has 0 saturated heterocycles. The van der Waals surface area contributed by atoms with E-state index >= 15 is 0 Å². The standard InChI is InChI=1S/C25H35N7O4S/c1-12-18(23-30-19-13(2)26-8-7-16(19)37-23)22(29-15-9-14(11-33)20(35)21(15)36)31-24(28-12)27-10-17(34)32(6)25(3,4)5/h7-8,14-15,20-21,33,35-36H,9-11H2,1-6H3,(H2,27,28,29,31)/t14-,15-,20-,21+/m1/s1. The zero-order valence-electron chi connectivity index (χ0n) is 22.0. The van der Waals surface area contributed by atoms with Crippen molar-refractivity contribution in [1.29, 1.82) is 0 Å². The molecule has 0 spiro atoms. The quantitative estimate of drug-likeness (QED) is 0.306. The van der Waals surface area contributed by atoms with Crippen LogP contribution in [0.15, 0.2) is 12.3 Å². The normalized spacial score (nSPS) is 21.9. The fourth-order valence-electron chi connectivity index (χ4n) is 4.37. The number of carbonyl (C=O) groups excluding carboxylic acids is 1. The first-order valence-electron chi connectivity index (χ1n) is 12.3. The van der Waals surface area contributed by atoms with Crippen LogP contribution >= 0.6 is 11.3 Å². The van der Waals surface area contributed by atoms with Crippen LogP contribution in [0.25, 0.3) is 20.8 Å². The van der Waals surface area contributed by atoms with Crippen LogP contribution in [0.2, 0.25) is 0 Å². The van der Waals surface area contributed by atoms with Gasteiger partial charge in [0.25, 0.3) is 0 Å². The average Bonchev–Trinajstić information content (AvgIpc) is 3.38. The monoisotopic (exact) mass is 529 g/mol. The van der Waals surface area contributed by atoms with Crippen LogP contribution in [0.5, 0.6) is 0 Å². The molecule has 4 rings (SSSR count). The largest absolute Gasteiger partial charge is 0.396 e. The molecule has 0 bridgehead atoms. The Balaban J connectivity index is 1.71. The van der Waals surface area contributed by atoms with Crippen LogP contribution in [-0.4, -0.2) is 90.1 Å². The van der Waals surface area contributed by atoms with E-state index in [2.05, 4.69) is 25.6 Å². The number of thiazole rings is 1. The number of hydrogen-bond donors (Lipinski definition) is 5. The van der Waals surface area contributed by atoms with Crippen molar-refractivity contribution in [3.8, 4) is 10.6 Å². The summed E-state index contributed by atoms with van der Waals surface area (Å²) in [4.78, 5) is 32.7. The second kappa shape index (κ2) is 10.4. The van der Waals surface area contributed by atoms with Crippen LogP contribution < -0.4 is 10.6 Å². The Labute approximate surface area is 220 Å². The predicted octanol–water partition coefficient (Wildman–Crippen LogP) is 1.95. The first kappa shape index (κ1) is 27.1. The lowest BCUT2D eigenvalue weighted by atomic mass is 10.1. The number of hydrogen-bond acceptors (Lipinski definition) is 11. The number of aliphatic hydroxyl groups is 3. The van der Waals surface area contributed by atoms with Crippen LogP contribution in [0, 0.1) is 19.8 Å². The fourth-order valence-corrected chi connectivity index (χ4v) is 5.48. The second-order valence-corrected chi connectivity index (χ2v) is 11.5. The van der Waals surface area contributed by atoms with Gasteiger partial charge in [-0.15, -0.1) is 11.3 Å². The highest BCUT2D eigenvalue weighted by Gasteiger charge is 2.41. The number of carbonyl (C=O) groups is 1. The highest BCUT2D eigenvalue weighted by molar-refractivity contribution is 7.21. The van der Waals surface area contributed by atoms with Crippen molar-refractivity contribution in [1.82, 2.24) is 24.8 Å². The number of anilines is 2. The molecule has 0 aromatic carbocycles. The Morgan fingerprint density at radius 3 is 2.51 bits per heavy atom. The molecular weight excluding hydrogens is 494 g/mol. The number of likely N-dealkylation sites (N-methyl/N-ethyl adjacent to an activating group) is 1. The molecule has 1 fully saturated rings. The summed E-state index contributed by atoms with van der Waals surface area (Å²) in [6.07, 6.45) is -0.0258. The molecule has 1 amide bonds. The van der Waals surface area contributed by atoms with Crippen molar-refractivity contribution < 1.29 is 20.1 Å². The number of rotatable bonds is 7. The van der Waals surface area contributed by atoms with Crippen LogP contribution in [0.4, 0.5) is 11.8 Å². The van der Waals surface area contributed by atoms with Gasteiger partial charge in [-0.2, -0.15) is 4.98 Å². The maximum absolute atomic E-state index is 12.7. The van der Waals surface area contributed by atoms with Gasteiger partial charge in [0.05, 0.1) is 40.3 Å². The molecule has 12 heteroatoms. The summed E-state index contributed by atoms with van der Waals surface area (Å²) < 4.78 is 0.975. The highest BCUT2D eigenvalue weighted by Crippen LogP contribution is 2.38. The van der Waals surface area contributed by atoms with E-state index in [-0.39, 0.29) is 30.5 Å². The molecule has 0 unspecified atom stereocenters. The van der Waals surface area contributed by atoms with Crippen LogP contribution in [0.1, 0.15) is 38.6 Å². The molecule has 4 atom stereocenters. The molecule has 1 aliphatic carbocycles. The van der Waals surface area contributed by atoms with Gasteiger partial charge >= 0.3 is 0 Å². The van der Waals surface area contributed by atoms with Gasteiger partial charge in [-0.05, 0) is 47.1 Å². The third-order valence-electron chi connectivity index (χ3n) is 6.93. The fraction of sp³-hybridized carbons (Fsp3) is 0.560. The van der Waals surface area contributed by atoms with Crippen molar-refractivity contribution in [3.05, 3.63) is 23.7 Å². The molecule has 0 aliphatic heterocycles. The summed E-state index contributed by atoms with van der Waals surface area (Å²) >= 11 is 1.48. The van der Waals surface area contributed by atoms with Gasteiger partial charge in [-0.1, -0.05) is 0 Å². The Hall–Kier alpha value is -2.93. The predicted molar refractivity (Wildman–Crippen MR) is 144 cm³/mol. The van der Waals surface area contributed by atoms with E-state index in [4.69, 9.17) is 4.98 Å². The van der Waals surface area contributed by atoms with E-state index in [0.717, 1.165) is 15.9 Å². The van der Waals surface area contributed by atoms with Gasteiger partial charge in [0.2, 0.25) is 11.9 Å². The molecular formula is C25H35N7O4S. The minimum atomic E-state index is -1.08. The molecule has 1 saturated carbocycles. The number of nitrogens with one attached hydrogen (secondary N) is 2. The van der Waals surface area contributed by atoms with E-state index in [1.165, 1.54) is 11.3 Å². The smallest absolute Gasteiger partial charge is 0.242 e. The van der Waals surface area contributed by atoms with Gasteiger partial charge in [-0.3, -0.25) is 9.78 Å². The summed E-state index contributed by atoms with van der Waals surface area (Å²) in [5, 5.41) is 37.6. The van der Waals surface area contributed by atoms with E-state index in [9.17, 15) is 20.1 Å². The molecule has 0 radical (unpaired) electrons. The minimum absolute atomic E-state index is 0.00928. The van der Waals surface area contributed by atoms with Crippen molar-refractivity contribution in [2.24, 2.45) is 5.92 Å². The first-order valence-corrected chi connectivity index (χ1v) is 13.1. The zero-order chi connectivity index (χ0) is 27.1. The average molecular weight is 530 g/mol. The molecule has 11 nitrogen and oxygen atoms in total. The molecule has 37 heavy (non-hydrogen) atoms. The third kappa shape index (κ3) is 5.52. The number of aliphatic hydroxyl groups excluding tert-OH is 3. The van der Waals surface area contributed by atoms with Crippen LogP contribution in [-0.2, 0) is 4.79 Å². The summed E-state index contributed by atoms with van der Waals surface area (Å²) in [5.41, 5.74) is 2.58. The van der Waals surface area contributed by atoms with Crippen molar-refractivity contribution in [2.75, 3.05) is 30.8 Å². The molecule has 3 heterocycles. The highest BCUT2D eigenvalue weighted by atomic mass is 32.1. The lowest BCUT2D eigenvalue weighted by Gasteiger charge is -2.32. The number of amides is 1. The van der Waals surface area contributed by atoms with E-state index < -0.39 is 24.2 Å². The van der Waals surface area contributed by atoms with Gasteiger partial charge in [-0.25, -0.2) is 9.97 Å². The number of fused-ring (bicyclic) bond motifs is 1. The Morgan fingerprint density at radius 1 is 1.16 bits per heavy atom. The topological polar surface area (TPSA) is 157 Å². The zero-order valence-corrected chi connectivity index (χ0v) is 22.8. The first-order chi connectivity index (χ1) is 17.4. The van der Waals surface area contributed by atoms with E-state index in [1.54, 1.807) is 18.1 Å². The van der Waals surface area contributed by atoms with Crippen molar-refractivity contribution in [2.45, 2.75) is 64.8 Å². The number of nitrogens with zero attached hydrogens (tertiary/aromatic N) is 5. The van der Waals surface area contributed by atoms with Gasteiger partial charge in [0, 0.05) is 31.3 Å². The molecule has 1 aliphatic rings. The summed E-state index contributed by atoms with van der Waals surface area (Å²) in [7, 11) is 1.75. The SMILES string of the molecule is Cc1nc(NCC(=O)N(C)C(C)(C)C)nc(N[C@@H]2C[C@H](CO)[C@@H](O)[C@H]2O)c1-c1nc2c(C)nccc2s1. The number of aryl methyl sites for hydroxylation is 2. The molecule has 3 aromatic heterocycles. The van der Waals surface area contributed by atoms with E-state index in [1.807, 2.05) is 40.7 Å². The number of aromatic nitrogens is 4.